The van der Waals surface area contributed by atoms with Crippen LogP contribution < -0.4 is 15.4 Å². The highest BCUT2D eigenvalue weighted by Crippen LogP contribution is 2.25. The highest BCUT2D eigenvalue weighted by Gasteiger charge is 2.33. The van der Waals surface area contributed by atoms with Crippen molar-refractivity contribution in [3.05, 3.63) is 29.3 Å². The van der Waals surface area contributed by atoms with Crippen LogP contribution in [-0.4, -0.2) is 51.6 Å². The fourth-order valence-electron chi connectivity index (χ4n) is 3.24. The maximum absolute atomic E-state index is 6.08. The van der Waals surface area contributed by atoms with Gasteiger partial charge in [0, 0.05) is 30.7 Å². The molecule has 2 heterocycles. The van der Waals surface area contributed by atoms with Crippen molar-refractivity contribution in [1.29, 1.82) is 0 Å². The maximum Gasteiger partial charge on any atom is 0.191 e. The number of aryl methyl sites for hydroxylation is 1. The summed E-state index contributed by atoms with van der Waals surface area (Å²) in [6.45, 7) is 11.7. The summed E-state index contributed by atoms with van der Waals surface area (Å²) in [6, 6.07) is 6.30. The Morgan fingerprint density at radius 3 is 2.85 bits per heavy atom. The predicted molar refractivity (Wildman–Crippen MR) is 107 cm³/mol. The molecule has 0 amide bonds. The largest absolute Gasteiger partial charge is 0.491 e. The molecule has 1 atom stereocenters. The number of hydrogen-bond acceptors (Lipinski definition) is 4. The van der Waals surface area contributed by atoms with Gasteiger partial charge in [-0.2, -0.15) is 0 Å². The van der Waals surface area contributed by atoms with E-state index in [9.17, 15) is 0 Å². The van der Waals surface area contributed by atoms with Crippen LogP contribution in [0.5, 0.6) is 5.75 Å². The molecule has 0 bridgehead atoms. The lowest BCUT2D eigenvalue weighted by Gasteiger charge is -2.38. The first-order chi connectivity index (χ1) is 13.1. The molecule has 1 aromatic carbocycles. The molecule has 27 heavy (non-hydrogen) atoms. The zero-order chi connectivity index (χ0) is 19.1. The Bertz CT molecular complexity index is 638. The van der Waals surface area contributed by atoms with Crippen molar-refractivity contribution in [3.63, 3.8) is 0 Å². The molecule has 1 unspecified atom stereocenters. The Kier molecular flexibility index (Phi) is 6.96. The van der Waals surface area contributed by atoms with Crippen LogP contribution in [0.25, 0.3) is 0 Å². The number of benzene rings is 1. The summed E-state index contributed by atoms with van der Waals surface area (Å²) >= 11 is 0. The zero-order valence-corrected chi connectivity index (χ0v) is 16.8. The Morgan fingerprint density at radius 1 is 1.33 bits per heavy atom. The summed E-state index contributed by atoms with van der Waals surface area (Å²) in [5, 5.41) is 6.76. The number of hydrogen-bond donors (Lipinski definition) is 2. The first-order valence-corrected chi connectivity index (χ1v) is 10.0. The first-order valence-electron chi connectivity index (χ1n) is 10.0. The van der Waals surface area contributed by atoms with E-state index in [2.05, 4.69) is 49.6 Å². The summed E-state index contributed by atoms with van der Waals surface area (Å²) in [5.74, 6) is 1.74. The molecule has 0 spiro atoms. The molecule has 0 radical (unpaired) electrons. The van der Waals surface area contributed by atoms with Crippen molar-refractivity contribution in [3.8, 4) is 5.75 Å². The second-order valence-corrected chi connectivity index (χ2v) is 7.91. The van der Waals surface area contributed by atoms with Crippen LogP contribution in [0.15, 0.2) is 23.2 Å². The molecule has 2 N–H and O–H groups in total. The van der Waals surface area contributed by atoms with Crippen molar-refractivity contribution in [2.75, 3.05) is 39.5 Å². The summed E-state index contributed by atoms with van der Waals surface area (Å²) in [5.41, 5.74) is 2.48. The summed E-state index contributed by atoms with van der Waals surface area (Å²) < 4.78 is 17.1. The minimum Gasteiger partial charge on any atom is -0.491 e. The van der Waals surface area contributed by atoms with Crippen molar-refractivity contribution < 1.29 is 14.2 Å². The summed E-state index contributed by atoms with van der Waals surface area (Å²) in [6.07, 6.45) is 2.42. The van der Waals surface area contributed by atoms with Crippen LogP contribution in [0, 0.1) is 12.3 Å². The Morgan fingerprint density at radius 2 is 2.19 bits per heavy atom. The topological polar surface area (TPSA) is 64.1 Å². The average Bonchev–Trinajstić information content (AvgIpc) is 3.15. The lowest BCUT2D eigenvalue weighted by atomic mass is 9.89. The van der Waals surface area contributed by atoms with Gasteiger partial charge in [-0.3, -0.25) is 0 Å². The highest BCUT2D eigenvalue weighted by molar-refractivity contribution is 5.79. The Hall–Kier alpha value is -1.79. The van der Waals surface area contributed by atoms with Gasteiger partial charge >= 0.3 is 0 Å². The molecule has 2 saturated heterocycles. The standard InChI is InChI=1S/C21H33N3O3/c1-4-22-20(24-13-21(3)14-25-15-21)23-11-17-8-7-16(2)10-19(17)27-12-18-6-5-9-26-18/h7-8,10,18H,4-6,9,11-15H2,1-3H3,(H2,22,23,24). The van der Waals surface area contributed by atoms with Crippen molar-refractivity contribution in [2.24, 2.45) is 10.4 Å². The van der Waals surface area contributed by atoms with E-state index in [1.165, 1.54) is 5.56 Å². The molecular formula is C21H33N3O3. The number of rotatable bonds is 8. The van der Waals surface area contributed by atoms with E-state index >= 15 is 0 Å². The van der Waals surface area contributed by atoms with Crippen LogP contribution in [0.1, 0.15) is 37.8 Å². The second kappa shape index (κ2) is 9.42. The molecule has 0 aliphatic carbocycles. The molecule has 2 aliphatic heterocycles. The summed E-state index contributed by atoms with van der Waals surface area (Å²) in [4.78, 5) is 4.76. The van der Waals surface area contributed by atoms with Gasteiger partial charge in [0.15, 0.2) is 5.96 Å². The lowest BCUT2D eigenvalue weighted by molar-refractivity contribution is -0.0971. The first kappa shape index (κ1) is 20.0. The smallest absolute Gasteiger partial charge is 0.191 e. The van der Waals surface area contributed by atoms with E-state index in [4.69, 9.17) is 19.2 Å². The average molecular weight is 376 g/mol. The molecule has 2 fully saturated rings. The zero-order valence-electron chi connectivity index (χ0n) is 16.8. The predicted octanol–water partition coefficient (Wildman–Crippen LogP) is 2.64. The Balaban J connectivity index is 1.61. The fraction of sp³-hybridized carbons (Fsp3) is 0.667. The molecule has 2 aliphatic rings. The third-order valence-corrected chi connectivity index (χ3v) is 5.01. The fourth-order valence-corrected chi connectivity index (χ4v) is 3.24. The van der Waals surface area contributed by atoms with Crippen LogP contribution in [0.4, 0.5) is 0 Å². The highest BCUT2D eigenvalue weighted by atomic mass is 16.5. The van der Waals surface area contributed by atoms with Gasteiger partial charge in [0.2, 0.25) is 0 Å². The van der Waals surface area contributed by atoms with E-state index in [0.29, 0.717) is 13.2 Å². The minimum atomic E-state index is 0.204. The van der Waals surface area contributed by atoms with Crippen molar-refractivity contribution in [2.45, 2.75) is 46.3 Å². The van der Waals surface area contributed by atoms with Crippen LogP contribution >= 0.6 is 0 Å². The van der Waals surface area contributed by atoms with Crippen molar-refractivity contribution >= 4 is 5.96 Å². The summed E-state index contributed by atoms with van der Waals surface area (Å²) in [7, 11) is 0. The SMILES string of the molecule is CCNC(=NCc1ccc(C)cc1OCC1CCCO1)NCC1(C)COC1. The third kappa shape index (κ3) is 5.84. The normalized spacial score (nSPS) is 21.6. The number of aliphatic imine (C=N–C) groups is 1. The molecule has 6 heteroatoms. The van der Waals surface area contributed by atoms with Gasteiger partial charge in [-0.25, -0.2) is 4.99 Å². The van der Waals surface area contributed by atoms with Gasteiger partial charge in [0.1, 0.15) is 12.4 Å². The van der Waals surface area contributed by atoms with Crippen molar-refractivity contribution in [1.82, 2.24) is 10.6 Å². The van der Waals surface area contributed by atoms with Gasteiger partial charge in [-0.05, 0) is 38.3 Å². The Labute approximate surface area is 162 Å². The number of nitrogens with zero attached hydrogens (tertiary/aromatic N) is 1. The van der Waals surface area contributed by atoms with E-state index < -0.39 is 0 Å². The van der Waals surface area contributed by atoms with E-state index in [1.807, 2.05) is 0 Å². The lowest BCUT2D eigenvalue weighted by Crippen LogP contribution is -2.51. The van der Waals surface area contributed by atoms with Gasteiger partial charge in [0.05, 0.1) is 25.9 Å². The van der Waals surface area contributed by atoms with Gasteiger partial charge in [0.25, 0.3) is 0 Å². The van der Waals surface area contributed by atoms with E-state index in [0.717, 1.165) is 63.0 Å². The van der Waals surface area contributed by atoms with E-state index in [1.54, 1.807) is 0 Å². The molecular weight excluding hydrogens is 342 g/mol. The second-order valence-electron chi connectivity index (χ2n) is 7.91. The van der Waals surface area contributed by atoms with E-state index in [-0.39, 0.29) is 11.5 Å². The van der Waals surface area contributed by atoms with Crippen LogP contribution in [0.3, 0.4) is 0 Å². The van der Waals surface area contributed by atoms with Gasteiger partial charge < -0.3 is 24.8 Å². The number of nitrogens with one attached hydrogen (secondary N) is 2. The molecule has 6 nitrogen and oxygen atoms in total. The third-order valence-electron chi connectivity index (χ3n) is 5.01. The molecule has 1 aromatic rings. The number of ether oxygens (including phenoxy) is 3. The van der Waals surface area contributed by atoms with Crippen LogP contribution in [0.2, 0.25) is 0 Å². The number of guanidine groups is 1. The van der Waals surface area contributed by atoms with Crippen LogP contribution in [-0.2, 0) is 16.0 Å². The quantitative estimate of drug-likeness (QED) is 0.540. The molecule has 0 saturated carbocycles. The van der Waals surface area contributed by atoms with Gasteiger partial charge in [-0.1, -0.05) is 19.1 Å². The maximum atomic E-state index is 6.08. The molecule has 150 valence electrons. The molecule has 3 rings (SSSR count). The minimum absolute atomic E-state index is 0.204. The molecule has 0 aromatic heterocycles. The monoisotopic (exact) mass is 375 g/mol. The van der Waals surface area contributed by atoms with Gasteiger partial charge in [-0.15, -0.1) is 0 Å².